The highest BCUT2D eigenvalue weighted by Crippen LogP contribution is 2.18. The van der Waals surface area contributed by atoms with E-state index in [1.165, 1.54) is 11.3 Å². The molecule has 1 aromatic carbocycles. The van der Waals surface area contributed by atoms with E-state index in [2.05, 4.69) is 15.2 Å². The average Bonchev–Trinajstić information content (AvgIpc) is 3.14. The summed E-state index contributed by atoms with van der Waals surface area (Å²) in [4.78, 5) is 32.9. The SMILES string of the molecule is CC(C)NC(=O)CN1CCN(C(=O)Cc2csc(COc3ccc(Cl)cc3)n2)CC1. The van der Waals surface area contributed by atoms with Gasteiger partial charge in [-0.1, -0.05) is 11.6 Å². The molecule has 30 heavy (non-hydrogen) atoms. The molecule has 0 saturated carbocycles. The zero-order chi connectivity index (χ0) is 21.5. The normalized spacial score (nSPS) is 14.7. The summed E-state index contributed by atoms with van der Waals surface area (Å²) in [6, 6.07) is 7.32. The Morgan fingerprint density at radius 1 is 1.20 bits per heavy atom. The third-order valence-electron chi connectivity index (χ3n) is 4.65. The summed E-state index contributed by atoms with van der Waals surface area (Å²) >= 11 is 7.36. The molecule has 3 rings (SSSR count). The maximum absolute atomic E-state index is 12.6. The summed E-state index contributed by atoms with van der Waals surface area (Å²) in [7, 11) is 0. The van der Waals surface area contributed by atoms with E-state index in [1.807, 2.05) is 36.3 Å². The van der Waals surface area contributed by atoms with Crippen molar-refractivity contribution in [2.45, 2.75) is 32.9 Å². The number of nitrogens with one attached hydrogen (secondary N) is 1. The van der Waals surface area contributed by atoms with Gasteiger partial charge in [0.2, 0.25) is 11.8 Å². The molecule has 7 nitrogen and oxygen atoms in total. The molecule has 0 bridgehead atoms. The average molecular weight is 451 g/mol. The van der Waals surface area contributed by atoms with E-state index < -0.39 is 0 Å². The smallest absolute Gasteiger partial charge is 0.234 e. The minimum Gasteiger partial charge on any atom is -0.486 e. The second kappa shape index (κ2) is 10.7. The van der Waals surface area contributed by atoms with Crippen molar-refractivity contribution in [1.82, 2.24) is 20.1 Å². The van der Waals surface area contributed by atoms with Gasteiger partial charge in [-0.15, -0.1) is 11.3 Å². The van der Waals surface area contributed by atoms with Crippen molar-refractivity contribution in [1.29, 1.82) is 0 Å². The van der Waals surface area contributed by atoms with Gasteiger partial charge in [-0.25, -0.2) is 4.98 Å². The van der Waals surface area contributed by atoms with Gasteiger partial charge in [0, 0.05) is 42.6 Å². The number of halogens is 1. The molecular weight excluding hydrogens is 424 g/mol. The van der Waals surface area contributed by atoms with Crippen molar-refractivity contribution in [3.63, 3.8) is 0 Å². The molecule has 162 valence electrons. The molecule has 2 heterocycles. The quantitative estimate of drug-likeness (QED) is 0.669. The van der Waals surface area contributed by atoms with E-state index in [4.69, 9.17) is 16.3 Å². The molecule has 1 saturated heterocycles. The molecule has 2 aromatic rings. The number of carbonyl (C=O) groups excluding carboxylic acids is 2. The Kier molecular flexibility index (Phi) is 8.07. The van der Waals surface area contributed by atoms with Crippen LogP contribution in [0.3, 0.4) is 0 Å². The molecule has 1 fully saturated rings. The Morgan fingerprint density at radius 2 is 1.90 bits per heavy atom. The van der Waals surface area contributed by atoms with Crippen molar-refractivity contribution in [3.05, 3.63) is 45.4 Å². The number of piperazine rings is 1. The summed E-state index contributed by atoms with van der Waals surface area (Å²) in [6.45, 7) is 7.29. The maximum Gasteiger partial charge on any atom is 0.234 e. The van der Waals surface area contributed by atoms with Crippen molar-refractivity contribution in [3.8, 4) is 5.75 Å². The number of hydrogen-bond donors (Lipinski definition) is 1. The van der Waals surface area contributed by atoms with Gasteiger partial charge in [0.05, 0.1) is 18.7 Å². The van der Waals surface area contributed by atoms with Crippen LogP contribution < -0.4 is 10.1 Å². The molecule has 1 aliphatic rings. The monoisotopic (exact) mass is 450 g/mol. The van der Waals surface area contributed by atoms with E-state index in [0.29, 0.717) is 44.4 Å². The predicted octanol–water partition coefficient (Wildman–Crippen LogP) is 2.59. The molecule has 0 spiro atoms. The summed E-state index contributed by atoms with van der Waals surface area (Å²) < 4.78 is 5.70. The first-order valence-corrected chi connectivity index (χ1v) is 11.3. The van der Waals surface area contributed by atoms with Gasteiger partial charge in [0.25, 0.3) is 0 Å². The standard InChI is InChI=1S/C21H27ClN4O3S/c1-15(2)23-19(27)12-25-7-9-26(10-8-25)21(28)11-17-14-30-20(24-17)13-29-18-5-3-16(22)4-6-18/h3-6,14-15H,7-13H2,1-2H3,(H,23,27). The summed E-state index contributed by atoms with van der Waals surface area (Å²) in [5.41, 5.74) is 0.762. The predicted molar refractivity (Wildman–Crippen MR) is 118 cm³/mol. The number of aromatic nitrogens is 1. The second-order valence-electron chi connectivity index (χ2n) is 7.53. The minimum absolute atomic E-state index is 0.0283. The van der Waals surface area contributed by atoms with Crippen LogP contribution >= 0.6 is 22.9 Å². The molecule has 1 aromatic heterocycles. The fraction of sp³-hybridized carbons (Fsp3) is 0.476. The minimum atomic E-state index is 0.0283. The fourth-order valence-electron chi connectivity index (χ4n) is 3.17. The summed E-state index contributed by atoms with van der Waals surface area (Å²) in [6.07, 6.45) is 0.283. The zero-order valence-corrected chi connectivity index (χ0v) is 18.8. The van der Waals surface area contributed by atoms with Gasteiger partial charge in [-0.2, -0.15) is 0 Å². The van der Waals surface area contributed by atoms with E-state index in [-0.39, 0.29) is 24.3 Å². The molecule has 9 heteroatoms. The van der Waals surface area contributed by atoms with E-state index in [1.54, 1.807) is 12.1 Å². The number of carbonyl (C=O) groups is 2. The summed E-state index contributed by atoms with van der Waals surface area (Å²) in [5.74, 6) is 0.824. The molecule has 0 unspecified atom stereocenters. The first-order chi connectivity index (χ1) is 14.4. The number of rotatable bonds is 8. The lowest BCUT2D eigenvalue weighted by Gasteiger charge is -2.34. The Labute approximate surface area is 186 Å². The highest BCUT2D eigenvalue weighted by Gasteiger charge is 2.23. The Morgan fingerprint density at radius 3 is 2.57 bits per heavy atom. The van der Waals surface area contributed by atoms with Crippen LogP contribution in [0.5, 0.6) is 5.75 Å². The van der Waals surface area contributed by atoms with E-state index in [9.17, 15) is 9.59 Å². The lowest BCUT2D eigenvalue weighted by atomic mass is 10.2. The van der Waals surface area contributed by atoms with Crippen molar-refractivity contribution in [2.75, 3.05) is 32.7 Å². The lowest BCUT2D eigenvalue weighted by molar-refractivity contribution is -0.132. The van der Waals surface area contributed by atoms with Gasteiger partial charge in [0.1, 0.15) is 17.4 Å². The molecule has 1 aliphatic heterocycles. The third-order valence-corrected chi connectivity index (χ3v) is 5.77. The lowest BCUT2D eigenvalue weighted by Crippen LogP contribution is -2.51. The summed E-state index contributed by atoms with van der Waals surface area (Å²) in [5, 5.41) is 6.30. The molecule has 1 N–H and O–H groups in total. The Bertz CT molecular complexity index is 848. The molecule has 2 amide bonds. The van der Waals surface area contributed by atoms with Crippen LogP contribution in [0.1, 0.15) is 24.5 Å². The van der Waals surface area contributed by atoms with Gasteiger partial charge in [-0.3, -0.25) is 14.5 Å². The number of nitrogens with zero attached hydrogens (tertiary/aromatic N) is 3. The molecule has 0 radical (unpaired) electrons. The van der Waals surface area contributed by atoms with Crippen LogP contribution in [0, 0.1) is 0 Å². The van der Waals surface area contributed by atoms with Gasteiger partial charge in [0.15, 0.2) is 0 Å². The van der Waals surface area contributed by atoms with Crippen molar-refractivity contribution >= 4 is 34.8 Å². The first kappa shape index (κ1) is 22.5. The number of ether oxygens (including phenoxy) is 1. The highest BCUT2D eigenvalue weighted by atomic mass is 35.5. The molecule has 0 atom stereocenters. The number of hydrogen-bond acceptors (Lipinski definition) is 6. The van der Waals surface area contributed by atoms with Crippen molar-refractivity contribution in [2.24, 2.45) is 0 Å². The van der Waals surface area contributed by atoms with Crippen LogP contribution in [0.2, 0.25) is 5.02 Å². The van der Waals surface area contributed by atoms with E-state index in [0.717, 1.165) is 16.5 Å². The molecule has 0 aliphatic carbocycles. The van der Waals surface area contributed by atoms with Crippen LogP contribution in [0.15, 0.2) is 29.6 Å². The fourth-order valence-corrected chi connectivity index (χ4v) is 4.00. The zero-order valence-electron chi connectivity index (χ0n) is 17.3. The maximum atomic E-state index is 12.6. The molecular formula is C21H27ClN4O3S. The van der Waals surface area contributed by atoms with Crippen LogP contribution in [-0.4, -0.2) is 65.4 Å². The first-order valence-electron chi connectivity index (χ1n) is 10.00. The number of benzene rings is 1. The second-order valence-corrected chi connectivity index (χ2v) is 8.91. The highest BCUT2D eigenvalue weighted by molar-refractivity contribution is 7.09. The largest absolute Gasteiger partial charge is 0.486 e. The Hall–Kier alpha value is -2.16. The third kappa shape index (κ3) is 6.97. The van der Waals surface area contributed by atoms with E-state index >= 15 is 0 Å². The van der Waals surface area contributed by atoms with Gasteiger partial charge in [-0.05, 0) is 38.1 Å². The number of thiazole rings is 1. The van der Waals surface area contributed by atoms with Crippen molar-refractivity contribution < 1.29 is 14.3 Å². The van der Waals surface area contributed by atoms with Crippen LogP contribution in [0.25, 0.3) is 0 Å². The van der Waals surface area contributed by atoms with Gasteiger partial charge >= 0.3 is 0 Å². The topological polar surface area (TPSA) is 74.8 Å². The Balaban J connectivity index is 1.41. The number of amides is 2. The van der Waals surface area contributed by atoms with Gasteiger partial charge < -0.3 is 15.0 Å². The van der Waals surface area contributed by atoms with Crippen LogP contribution in [-0.2, 0) is 22.6 Å². The van der Waals surface area contributed by atoms with Crippen LogP contribution in [0.4, 0.5) is 0 Å².